The van der Waals surface area contributed by atoms with Gasteiger partial charge < -0.3 is 10.1 Å². The number of hydrogen-bond donors (Lipinski definition) is 1. The lowest BCUT2D eigenvalue weighted by Gasteiger charge is -2.07. The molecule has 126 valence electrons. The normalized spacial score (nSPS) is 10.3. The van der Waals surface area contributed by atoms with Crippen LogP contribution in [-0.4, -0.2) is 29.3 Å². The second-order valence-corrected chi connectivity index (χ2v) is 5.59. The first-order valence-electron chi connectivity index (χ1n) is 8.09. The van der Waals surface area contributed by atoms with Gasteiger partial charge in [0.05, 0.1) is 12.2 Å². The highest BCUT2D eigenvalue weighted by Gasteiger charge is 2.05. The summed E-state index contributed by atoms with van der Waals surface area (Å²) in [5, 5.41) is 11.0. The van der Waals surface area contributed by atoms with Gasteiger partial charge in [0.2, 0.25) is 5.88 Å². The molecular weight excluding hydrogens is 314 g/mol. The van der Waals surface area contributed by atoms with Crippen LogP contribution in [0.15, 0.2) is 66.7 Å². The van der Waals surface area contributed by atoms with Gasteiger partial charge in [0.1, 0.15) is 6.61 Å². The Balaban J connectivity index is 1.46. The fraction of sp³-hybridized carbons (Fsp3) is 0.150. The van der Waals surface area contributed by atoms with Crippen molar-refractivity contribution in [2.75, 3.05) is 13.2 Å². The van der Waals surface area contributed by atoms with Crippen LogP contribution >= 0.6 is 0 Å². The molecule has 0 unspecified atom stereocenters. The van der Waals surface area contributed by atoms with Gasteiger partial charge in [0.25, 0.3) is 5.91 Å². The Bertz CT molecular complexity index is 816. The van der Waals surface area contributed by atoms with E-state index < -0.39 is 0 Å². The number of benzene rings is 2. The highest BCUT2D eigenvalue weighted by atomic mass is 16.5. The van der Waals surface area contributed by atoms with Gasteiger partial charge in [-0.05, 0) is 25.1 Å². The first-order valence-corrected chi connectivity index (χ1v) is 8.09. The first-order chi connectivity index (χ1) is 12.2. The van der Waals surface area contributed by atoms with Gasteiger partial charge in [-0.2, -0.15) is 0 Å². The number of hydrogen-bond acceptors (Lipinski definition) is 4. The number of carbonyl (C=O) groups is 1. The maximum absolute atomic E-state index is 12.0. The van der Waals surface area contributed by atoms with Crippen molar-refractivity contribution in [1.29, 1.82) is 0 Å². The summed E-state index contributed by atoms with van der Waals surface area (Å²) in [6.07, 6.45) is 0. The Hall–Kier alpha value is -3.21. The van der Waals surface area contributed by atoms with Crippen LogP contribution in [0.25, 0.3) is 11.3 Å². The largest absolute Gasteiger partial charge is 0.475 e. The van der Waals surface area contributed by atoms with Gasteiger partial charge in [-0.15, -0.1) is 10.2 Å². The predicted molar refractivity (Wildman–Crippen MR) is 96.5 cm³/mol. The van der Waals surface area contributed by atoms with E-state index in [-0.39, 0.29) is 5.91 Å². The summed E-state index contributed by atoms with van der Waals surface area (Å²) >= 11 is 0. The predicted octanol–water partition coefficient (Wildman–Crippen LogP) is 3.26. The second kappa shape index (κ2) is 8.06. The van der Waals surface area contributed by atoms with E-state index in [0.29, 0.717) is 24.6 Å². The highest BCUT2D eigenvalue weighted by molar-refractivity contribution is 5.94. The fourth-order valence-electron chi connectivity index (χ4n) is 2.29. The first kappa shape index (κ1) is 16.6. The zero-order chi connectivity index (χ0) is 17.5. The third kappa shape index (κ3) is 4.64. The van der Waals surface area contributed by atoms with Crippen LogP contribution in [0.5, 0.6) is 5.88 Å². The van der Waals surface area contributed by atoms with Crippen molar-refractivity contribution in [2.24, 2.45) is 0 Å². The minimum absolute atomic E-state index is 0.117. The molecule has 25 heavy (non-hydrogen) atoms. The molecule has 0 aliphatic carbocycles. The topological polar surface area (TPSA) is 64.1 Å². The Morgan fingerprint density at radius 2 is 1.72 bits per heavy atom. The van der Waals surface area contributed by atoms with Gasteiger partial charge in [-0.3, -0.25) is 4.79 Å². The van der Waals surface area contributed by atoms with E-state index in [9.17, 15) is 4.79 Å². The van der Waals surface area contributed by atoms with E-state index >= 15 is 0 Å². The molecule has 0 saturated carbocycles. The van der Waals surface area contributed by atoms with Crippen LogP contribution < -0.4 is 10.1 Å². The molecule has 2 aromatic carbocycles. The van der Waals surface area contributed by atoms with Crippen LogP contribution in [0.3, 0.4) is 0 Å². The van der Waals surface area contributed by atoms with Crippen LogP contribution in [0.4, 0.5) is 0 Å². The quantitative estimate of drug-likeness (QED) is 0.703. The average Bonchev–Trinajstić information content (AvgIpc) is 2.67. The lowest BCUT2D eigenvalue weighted by atomic mass is 10.1. The maximum atomic E-state index is 12.0. The summed E-state index contributed by atoms with van der Waals surface area (Å²) in [5.74, 6) is 0.318. The van der Waals surface area contributed by atoms with Crippen LogP contribution in [0.1, 0.15) is 15.9 Å². The standard InChI is InChI=1S/C20H19N3O2/c1-15-7-9-17(10-8-15)20(24)21-13-14-25-19-12-11-18(22-23-19)16-5-3-2-4-6-16/h2-12H,13-14H2,1H3,(H,21,24). The number of ether oxygens (including phenoxy) is 1. The zero-order valence-corrected chi connectivity index (χ0v) is 14.0. The number of rotatable bonds is 6. The lowest BCUT2D eigenvalue weighted by Crippen LogP contribution is -2.28. The van der Waals surface area contributed by atoms with Crippen molar-refractivity contribution in [3.63, 3.8) is 0 Å². The number of aryl methyl sites for hydroxylation is 1. The molecule has 1 amide bonds. The molecule has 0 aliphatic rings. The molecule has 1 N–H and O–H groups in total. The van der Waals surface area contributed by atoms with Crippen molar-refractivity contribution in [3.05, 3.63) is 77.9 Å². The number of carbonyl (C=O) groups excluding carboxylic acids is 1. The molecule has 5 heteroatoms. The molecule has 1 aromatic heterocycles. The van der Waals surface area contributed by atoms with Gasteiger partial charge in [-0.25, -0.2) is 0 Å². The lowest BCUT2D eigenvalue weighted by molar-refractivity contribution is 0.0946. The van der Waals surface area contributed by atoms with Crippen LogP contribution in [-0.2, 0) is 0 Å². The zero-order valence-electron chi connectivity index (χ0n) is 14.0. The molecule has 0 spiro atoms. The average molecular weight is 333 g/mol. The van der Waals surface area contributed by atoms with Crippen molar-refractivity contribution < 1.29 is 9.53 Å². The maximum Gasteiger partial charge on any atom is 0.251 e. The van der Waals surface area contributed by atoms with Crippen molar-refractivity contribution >= 4 is 5.91 Å². The summed E-state index contributed by atoms with van der Waals surface area (Å²) in [6.45, 7) is 2.71. The molecule has 0 saturated heterocycles. The molecule has 1 heterocycles. The molecule has 0 fully saturated rings. The molecule has 3 aromatic rings. The minimum atomic E-state index is -0.117. The van der Waals surface area contributed by atoms with Gasteiger partial charge >= 0.3 is 0 Å². The monoisotopic (exact) mass is 333 g/mol. The van der Waals surface area contributed by atoms with E-state index in [1.165, 1.54) is 0 Å². The number of nitrogens with zero attached hydrogens (tertiary/aromatic N) is 2. The molecule has 0 aliphatic heterocycles. The Morgan fingerprint density at radius 1 is 0.960 bits per heavy atom. The SMILES string of the molecule is Cc1ccc(C(=O)NCCOc2ccc(-c3ccccc3)nn2)cc1. The molecule has 0 atom stereocenters. The molecule has 3 rings (SSSR count). The van der Waals surface area contributed by atoms with Crippen molar-refractivity contribution in [1.82, 2.24) is 15.5 Å². The van der Waals surface area contributed by atoms with Crippen LogP contribution in [0, 0.1) is 6.92 Å². The number of nitrogens with one attached hydrogen (secondary N) is 1. The summed E-state index contributed by atoms with van der Waals surface area (Å²) in [7, 11) is 0. The van der Waals surface area contributed by atoms with E-state index in [0.717, 1.165) is 16.8 Å². The summed E-state index contributed by atoms with van der Waals surface area (Å²) in [6, 6.07) is 20.9. The Morgan fingerprint density at radius 3 is 2.40 bits per heavy atom. The van der Waals surface area contributed by atoms with Gasteiger partial charge in [0, 0.05) is 17.2 Å². The molecule has 5 nitrogen and oxygen atoms in total. The smallest absolute Gasteiger partial charge is 0.251 e. The summed E-state index contributed by atoms with van der Waals surface area (Å²) in [5.41, 5.74) is 3.56. The second-order valence-electron chi connectivity index (χ2n) is 5.59. The Labute approximate surface area is 146 Å². The molecular formula is C20H19N3O2. The Kier molecular flexibility index (Phi) is 5.36. The van der Waals surface area contributed by atoms with Crippen molar-refractivity contribution in [2.45, 2.75) is 6.92 Å². The minimum Gasteiger partial charge on any atom is -0.475 e. The van der Waals surface area contributed by atoms with Crippen LogP contribution in [0.2, 0.25) is 0 Å². The summed E-state index contributed by atoms with van der Waals surface area (Å²) < 4.78 is 5.51. The van der Waals surface area contributed by atoms with E-state index in [2.05, 4.69) is 15.5 Å². The fourth-order valence-corrected chi connectivity index (χ4v) is 2.29. The van der Waals surface area contributed by atoms with E-state index in [4.69, 9.17) is 4.74 Å². The third-order valence-corrected chi connectivity index (χ3v) is 3.66. The number of amides is 1. The van der Waals surface area contributed by atoms with Gasteiger partial charge in [0.15, 0.2) is 0 Å². The summed E-state index contributed by atoms with van der Waals surface area (Å²) in [4.78, 5) is 12.0. The third-order valence-electron chi connectivity index (χ3n) is 3.66. The van der Waals surface area contributed by atoms with Crippen molar-refractivity contribution in [3.8, 4) is 17.1 Å². The van der Waals surface area contributed by atoms with Gasteiger partial charge in [-0.1, -0.05) is 48.0 Å². The highest BCUT2D eigenvalue weighted by Crippen LogP contribution is 2.16. The van der Waals surface area contributed by atoms with E-state index in [1.54, 1.807) is 18.2 Å². The van der Waals surface area contributed by atoms with E-state index in [1.807, 2.05) is 55.5 Å². The molecule has 0 radical (unpaired) electrons. The molecule has 0 bridgehead atoms. The number of aromatic nitrogens is 2.